The van der Waals surface area contributed by atoms with Crippen molar-refractivity contribution in [1.82, 2.24) is 0 Å². The smallest absolute Gasteiger partial charge is 0.136 e. The zero-order chi connectivity index (χ0) is 23.6. The maximum Gasteiger partial charge on any atom is 0.136 e. The molecule has 2 nitrogen and oxygen atoms in total. The van der Waals surface area contributed by atoms with Gasteiger partial charge < -0.3 is 9.32 Å². The van der Waals surface area contributed by atoms with Gasteiger partial charge in [0.05, 0.1) is 0 Å². The van der Waals surface area contributed by atoms with Crippen molar-refractivity contribution in [3.63, 3.8) is 0 Å². The van der Waals surface area contributed by atoms with Crippen LogP contribution in [0.5, 0.6) is 0 Å². The molecule has 6 aromatic carbocycles. The molecule has 0 N–H and O–H groups in total. The molecule has 0 unspecified atom stereocenters. The lowest BCUT2D eigenvalue weighted by Crippen LogP contribution is -2.09. The van der Waals surface area contributed by atoms with Crippen LogP contribution < -0.4 is 4.90 Å². The van der Waals surface area contributed by atoms with E-state index in [2.05, 4.69) is 132 Å². The average molecular weight is 460 g/mol. The topological polar surface area (TPSA) is 16.4 Å². The van der Waals surface area contributed by atoms with Crippen LogP contribution in [0.25, 0.3) is 55.0 Å². The minimum Gasteiger partial charge on any atom is -0.456 e. The number of hydrogen-bond acceptors (Lipinski definition) is 2. The van der Waals surface area contributed by atoms with E-state index in [9.17, 15) is 0 Å². The first-order chi connectivity index (χ1) is 17.9. The van der Waals surface area contributed by atoms with Crippen LogP contribution in [0.1, 0.15) is 0 Å². The summed E-state index contributed by atoms with van der Waals surface area (Å²) in [7, 11) is 0. The van der Waals surface area contributed by atoms with Crippen molar-refractivity contribution in [3.05, 3.63) is 127 Å². The number of nitrogens with zero attached hydrogens (tertiary/aromatic N) is 1. The van der Waals surface area contributed by atoms with Crippen LogP contribution in [-0.4, -0.2) is 0 Å². The van der Waals surface area contributed by atoms with E-state index < -0.39 is 0 Å². The zero-order valence-electron chi connectivity index (χ0n) is 19.5. The molecular weight excluding hydrogens is 438 g/mol. The van der Waals surface area contributed by atoms with Gasteiger partial charge in [-0.05, 0) is 76.2 Å². The summed E-state index contributed by atoms with van der Waals surface area (Å²) in [5, 5.41) is 4.93. The van der Waals surface area contributed by atoms with Gasteiger partial charge in [0.2, 0.25) is 0 Å². The van der Waals surface area contributed by atoms with Gasteiger partial charge in [-0.3, -0.25) is 0 Å². The van der Waals surface area contributed by atoms with Crippen LogP contribution in [0, 0.1) is 0 Å². The number of para-hydroxylation sites is 2. The van der Waals surface area contributed by atoms with E-state index in [1.54, 1.807) is 0 Å². The minimum absolute atomic E-state index is 0.942. The molecule has 0 saturated carbocycles. The normalized spacial score (nSPS) is 11.9. The molecule has 168 valence electrons. The van der Waals surface area contributed by atoms with Gasteiger partial charge in [-0.15, -0.1) is 0 Å². The average Bonchev–Trinajstić information content (AvgIpc) is 3.27. The number of rotatable bonds is 3. The van der Waals surface area contributed by atoms with Crippen molar-refractivity contribution in [2.45, 2.75) is 0 Å². The Kier molecular flexibility index (Phi) is 3.97. The highest BCUT2D eigenvalue weighted by molar-refractivity contribution is 6.28. The van der Waals surface area contributed by atoms with Crippen molar-refractivity contribution in [2.75, 3.05) is 4.90 Å². The predicted molar refractivity (Wildman–Crippen MR) is 150 cm³/mol. The molecule has 1 aliphatic carbocycles. The fourth-order valence-electron chi connectivity index (χ4n) is 5.87. The third-order valence-electron chi connectivity index (χ3n) is 7.37. The van der Waals surface area contributed by atoms with Gasteiger partial charge >= 0.3 is 0 Å². The van der Waals surface area contributed by atoms with Gasteiger partial charge in [-0.25, -0.2) is 0 Å². The highest BCUT2D eigenvalue weighted by Gasteiger charge is 2.24. The van der Waals surface area contributed by atoms with Crippen molar-refractivity contribution >= 4 is 49.8 Å². The van der Waals surface area contributed by atoms with Crippen LogP contribution in [0.4, 0.5) is 17.1 Å². The Morgan fingerprint density at radius 3 is 1.81 bits per heavy atom. The standard InChI is InChI=1S/C34H21NO/c1-3-10-23(11-4-1)35(24-12-5-2-6-13-24)25-18-19-26-27-15-8-16-30-33(27)34-31(36-30)20-17-22-9-7-14-28(32(22)34)29(26)21-25/h1-21H. The van der Waals surface area contributed by atoms with E-state index in [-0.39, 0.29) is 0 Å². The fourth-order valence-corrected chi connectivity index (χ4v) is 5.87. The van der Waals surface area contributed by atoms with E-state index in [1.165, 1.54) is 43.8 Å². The van der Waals surface area contributed by atoms with Gasteiger partial charge in [0.1, 0.15) is 11.2 Å². The highest BCUT2D eigenvalue weighted by Crippen LogP contribution is 2.50. The van der Waals surface area contributed by atoms with Crippen molar-refractivity contribution < 1.29 is 4.42 Å². The second kappa shape index (κ2) is 7.34. The van der Waals surface area contributed by atoms with Crippen molar-refractivity contribution in [1.29, 1.82) is 0 Å². The third kappa shape index (κ3) is 2.67. The Balaban J connectivity index is 1.48. The first-order valence-corrected chi connectivity index (χ1v) is 12.3. The Hall–Kier alpha value is -4.82. The number of fused-ring (bicyclic) bond motifs is 3. The van der Waals surface area contributed by atoms with Crippen LogP contribution in [0.2, 0.25) is 0 Å². The molecule has 0 saturated heterocycles. The van der Waals surface area contributed by atoms with E-state index in [1.807, 2.05) is 0 Å². The van der Waals surface area contributed by atoms with E-state index in [4.69, 9.17) is 4.42 Å². The van der Waals surface area contributed by atoms with Crippen LogP contribution in [0.3, 0.4) is 0 Å². The Morgan fingerprint density at radius 2 is 1.06 bits per heavy atom. The summed E-state index contributed by atoms with van der Waals surface area (Å²) in [5.41, 5.74) is 10.2. The lowest BCUT2D eigenvalue weighted by atomic mass is 9.92. The molecular formula is C34H21NO. The lowest BCUT2D eigenvalue weighted by molar-refractivity contribution is 0.669. The van der Waals surface area contributed by atoms with Gasteiger partial charge in [-0.2, -0.15) is 0 Å². The lowest BCUT2D eigenvalue weighted by Gasteiger charge is -2.26. The molecule has 36 heavy (non-hydrogen) atoms. The van der Waals surface area contributed by atoms with Gasteiger partial charge in [0.25, 0.3) is 0 Å². The molecule has 0 bridgehead atoms. The van der Waals surface area contributed by atoms with Crippen molar-refractivity contribution in [3.8, 4) is 22.3 Å². The molecule has 1 heterocycles. The molecule has 8 rings (SSSR count). The SMILES string of the molecule is c1ccc(N(c2ccccc2)c2ccc3c(c2)-c2cccc4ccc5oc6cccc-3c6c5c24)cc1. The first-order valence-electron chi connectivity index (χ1n) is 12.3. The summed E-state index contributed by atoms with van der Waals surface area (Å²) >= 11 is 0. The molecule has 7 aromatic rings. The molecule has 0 spiro atoms. The molecule has 0 fully saturated rings. The fraction of sp³-hybridized carbons (Fsp3) is 0. The summed E-state index contributed by atoms with van der Waals surface area (Å²) in [6.45, 7) is 0. The number of anilines is 3. The van der Waals surface area contributed by atoms with Crippen LogP contribution in [0.15, 0.2) is 132 Å². The summed E-state index contributed by atoms with van der Waals surface area (Å²) in [4.78, 5) is 2.33. The molecule has 0 atom stereocenters. The first kappa shape index (κ1) is 19.5. The Morgan fingerprint density at radius 1 is 0.389 bits per heavy atom. The third-order valence-corrected chi connectivity index (χ3v) is 7.37. The number of hydrogen-bond donors (Lipinski definition) is 0. The molecule has 1 aliphatic rings. The molecule has 1 aromatic heterocycles. The van der Waals surface area contributed by atoms with E-state index in [0.717, 1.165) is 28.2 Å². The van der Waals surface area contributed by atoms with Crippen LogP contribution in [-0.2, 0) is 0 Å². The monoisotopic (exact) mass is 459 g/mol. The zero-order valence-corrected chi connectivity index (χ0v) is 19.5. The predicted octanol–water partition coefficient (Wildman–Crippen LogP) is 9.86. The number of benzene rings is 6. The maximum atomic E-state index is 6.31. The second-order valence-corrected chi connectivity index (χ2v) is 9.36. The van der Waals surface area contributed by atoms with E-state index in [0.29, 0.717) is 0 Å². The molecule has 2 heteroatoms. The molecule has 0 aliphatic heterocycles. The Labute approximate surface area is 208 Å². The molecule has 0 amide bonds. The maximum absolute atomic E-state index is 6.31. The van der Waals surface area contributed by atoms with Crippen LogP contribution >= 0.6 is 0 Å². The number of furan rings is 1. The Bertz CT molecular complexity index is 1890. The van der Waals surface area contributed by atoms with E-state index >= 15 is 0 Å². The van der Waals surface area contributed by atoms with Gasteiger partial charge in [0, 0.05) is 33.2 Å². The highest BCUT2D eigenvalue weighted by atomic mass is 16.3. The quantitative estimate of drug-likeness (QED) is 0.261. The summed E-state index contributed by atoms with van der Waals surface area (Å²) in [6.07, 6.45) is 0. The van der Waals surface area contributed by atoms with Crippen molar-refractivity contribution in [2.24, 2.45) is 0 Å². The van der Waals surface area contributed by atoms with Gasteiger partial charge in [0.15, 0.2) is 0 Å². The second-order valence-electron chi connectivity index (χ2n) is 9.36. The van der Waals surface area contributed by atoms with Gasteiger partial charge in [-0.1, -0.05) is 78.9 Å². The largest absolute Gasteiger partial charge is 0.456 e. The summed E-state index contributed by atoms with van der Waals surface area (Å²) in [5.74, 6) is 0. The molecule has 0 radical (unpaired) electrons. The minimum atomic E-state index is 0.942. The summed E-state index contributed by atoms with van der Waals surface area (Å²) in [6, 6.07) is 45.4. The summed E-state index contributed by atoms with van der Waals surface area (Å²) < 4.78 is 6.31.